The van der Waals surface area contributed by atoms with Crippen LogP contribution in [0.5, 0.6) is 0 Å². The van der Waals surface area contributed by atoms with E-state index in [2.05, 4.69) is 18.0 Å². The van der Waals surface area contributed by atoms with E-state index in [-0.39, 0.29) is 23.5 Å². The molecular formula is C27H29NO4. The van der Waals surface area contributed by atoms with Crippen LogP contribution in [0.15, 0.2) is 71.0 Å². The highest BCUT2D eigenvalue weighted by Gasteiger charge is 2.68. The van der Waals surface area contributed by atoms with Crippen molar-refractivity contribution in [1.29, 1.82) is 0 Å². The molecule has 0 aromatic heterocycles. The molecule has 166 valence electrons. The number of nitrogens with zero attached hydrogens (tertiary/aromatic N) is 1. The highest BCUT2D eigenvalue weighted by molar-refractivity contribution is 6.07. The Morgan fingerprint density at radius 1 is 1.25 bits per heavy atom. The lowest BCUT2D eigenvalue weighted by Crippen LogP contribution is -2.62. The minimum Gasteiger partial charge on any atom is -0.487 e. The third-order valence-electron chi connectivity index (χ3n) is 8.41. The van der Waals surface area contributed by atoms with Crippen molar-refractivity contribution >= 4 is 11.9 Å². The van der Waals surface area contributed by atoms with Crippen LogP contribution < -0.4 is 0 Å². The maximum atomic E-state index is 13.6. The Bertz CT molecular complexity index is 1120. The van der Waals surface area contributed by atoms with Gasteiger partial charge >= 0.3 is 0 Å². The zero-order valence-corrected chi connectivity index (χ0v) is 18.5. The first-order valence-corrected chi connectivity index (χ1v) is 11.5. The summed E-state index contributed by atoms with van der Waals surface area (Å²) < 4.78 is 6.43. The largest absolute Gasteiger partial charge is 0.487 e. The predicted molar refractivity (Wildman–Crippen MR) is 121 cm³/mol. The first kappa shape index (κ1) is 20.2. The quantitative estimate of drug-likeness (QED) is 0.569. The molecule has 32 heavy (non-hydrogen) atoms. The van der Waals surface area contributed by atoms with Crippen LogP contribution in [0.1, 0.15) is 31.7 Å². The highest BCUT2D eigenvalue weighted by atomic mass is 16.5. The second-order valence-corrected chi connectivity index (χ2v) is 10.0. The van der Waals surface area contributed by atoms with E-state index in [0.717, 1.165) is 30.5 Å². The molecular weight excluding hydrogens is 402 g/mol. The molecule has 1 saturated heterocycles. The van der Waals surface area contributed by atoms with Crippen LogP contribution in [0.25, 0.3) is 6.08 Å². The fourth-order valence-corrected chi connectivity index (χ4v) is 6.88. The average molecular weight is 432 g/mol. The van der Waals surface area contributed by atoms with Gasteiger partial charge in [0.25, 0.3) is 0 Å². The summed E-state index contributed by atoms with van der Waals surface area (Å²) in [5.74, 6) is 0.266. The zero-order chi connectivity index (χ0) is 22.3. The van der Waals surface area contributed by atoms with Gasteiger partial charge in [-0.25, -0.2) is 0 Å². The number of hydrogen-bond acceptors (Lipinski definition) is 5. The summed E-state index contributed by atoms with van der Waals surface area (Å²) in [7, 11) is 2.16. The van der Waals surface area contributed by atoms with E-state index in [0.29, 0.717) is 17.4 Å². The van der Waals surface area contributed by atoms with E-state index in [1.807, 2.05) is 48.6 Å². The molecule has 1 spiro atoms. The highest BCUT2D eigenvalue weighted by Crippen LogP contribution is 2.66. The van der Waals surface area contributed by atoms with Crippen LogP contribution in [-0.4, -0.2) is 58.3 Å². The molecule has 2 fully saturated rings. The molecule has 1 saturated carbocycles. The molecule has 1 aromatic carbocycles. The molecule has 6 atom stereocenters. The Labute approximate surface area is 188 Å². The Hall–Kier alpha value is -2.47. The maximum Gasteiger partial charge on any atom is 0.198 e. The molecule has 2 aliphatic heterocycles. The van der Waals surface area contributed by atoms with Crippen molar-refractivity contribution in [2.45, 2.75) is 50.0 Å². The number of ketones is 1. The summed E-state index contributed by atoms with van der Waals surface area (Å²) in [6.07, 6.45) is 8.56. The number of piperidine rings is 1. The van der Waals surface area contributed by atoms with Crippen molar-refractivity contribution in [2.24, 2.45) is 11.3 Å². The number of carbonyl (C=O) groups excluding carboxylic acids is 1. The summed E-state index contributed by atoms with van der Waals surface area (Å²) in [5, 5.41) is 22.7. The van der Waals surface area contributed by atoms with E-state index in [1.165, 1.54) is 5.57 Å². The van der Waals surface area contributed by atoms with Crippen LogP contribution in [-0.2, 0) is 9.53 Å². The third-order valence-corrected chi connectivity index (χ3v) is 8.41. The van der Waals surface area contributed by atoms with Crippen molar-refractivity contribution < 1.29 is 19.7 Å². The fourth-order valence-electron chi connectivity index (χ4n) is 6.88. The van der Waals surface area contributed by atoms with Gasteiger partial charge in [0.15, 0.2) is 11.4 Å². The zero-order valence-electron chi connectivity index (χ0n) is 18.5. The summed E-state index contributed by atoms with van der Waals surface area (Å²) in [6.45, 7) is 2.66. The Morgan fingerprint density at radius 2 is 2.03 bits per heavy atom. The van der Waals surface area contributed by atoms with Gasteiger partial charge in [0.2, 0.25) is 0 Å². The van der Waals surface area contributed by atoms with E-state index in [4.69, 9.17) is 4.74 Å². The first-order valence-electron chi connectivity index (χ1n) is 11.5. The molecule has 6 rings (SSSR count). The minimum absolute atomic E-state index is 0.202. The van der Waals surface area contributed by atoms with Crippen molar-refractivity contribution in [3.63, 3.8) is 0 Å². The summed E-state index contributed by atoms with van der Waals surface area (Å²) in [6, 6.07) is 10.0. The Morgan fingerprint density at radius 3 is 2.81 bits per heavy atom. The van der Waals surface area contributed by atoms with Crippen molar-refractivity contribution in [1.82, 2.24) is 4.90 Å². The predicted octanol–water partition coefficient (Wildman–Crippen LogP) is 3.01. The molecule has 1 unspecified atom stereocenters. The Kier molecular flexibility index (Phi) is 4.26. The Balaban J connectivity index is 1.46. The molecule has 2 heterocycles. The van der Waals surface area contributed by atoms with Gasteiger partial charge in [-0.1, -0.05) is 48.6 Å². The number of hydrogen-bond donors (Lipinski definition) is 2. The number of rotatable bonds is 3. The third kappa shape index (κ3) is 2.47. The van der Waals surface area contributed by atoms with E-state index < -0.39 is 17.8 Å². The molecule has 2 N–H and O–H groups in total. The number of Topliss-reactive ketones (excluding diaryl/α,β-unsaturated/α-hetero) is 1. The van der Waals surface area contributed by atoms with E-state index in [1.54, 1.807) is 6.92 Å². The van der Waals surface area contributed by atoms with Crippen LogP contribution in [0.2, 0.25) is 0 Å². The van der Waals surface area contributed by atoms with Gasteiger partial charge < -0.3 is 19.8 Å². The van der Waals surface area contributed by atoms with Crippen molar-refractivity contribution in [3.05, 3.63) is 76.6 Å². The lowest BCUT2D eigenvalue weighted by Gasteiger charge is -2.58. The van der Waals surface area contributed by atoms with Gasteiger partial charge in [0.05, 0.1) is 0 Å². The van der Waals surface area contributed by atoms with Crippen LogP contribution in [0.4, 0.5) is 0 Å². The lowest BCUT2D eigenvalue weighted by atomic mass is 9.51. The number of aliphatic hydroxyl groups excluding tert-OH is 1. The van der Waals surface area contributed by atoms with Crippen LogP contribution in [0, 0.1) is 11.3 Å². The van der Waals surface area contributed by atoms with Gasteiger partial charge in [-0.15, -0.1) is 0 Å². The molecule has 3 aliphatic carbocycles. The van der Waals surface area contributed by atoms with Crippen molar-refractivity contribution in [3.8, 4) is 0 Å². The maximum absolute atomic E-state index is 13.6. The second kappa shape index (κ2) is 6.77. The summed E-state index contributed by atoms with van der Waals surface area (Å²) in [5.41, 5.74) is 1.47. The smallest absolute Gasteiger partial charge is 0.198 e. The molecule has 5 aliphatic rings. The molecule has 0 radical (unpaired) electrons. The second-order valence-electron chi connectivity index (χ2n) is 10.0. The molecule has 1 aromatic rings. The fraction of sp³-hybridized carbons (Fsp3) is 0.444. The summed E-state index contributed by atoms with van der Waals surface area (Å²) >= 11 is 0. The van der Waals surface area contributed by atoms with Gasteiger partial charge in [-0.3, -0.25) is 4.79 Å². The van der Waals surface area contributed by atoms with Gasteiger partial charge in [0.1, 0.15) is 18.0 Å². The molecule has 5 heteroatoms. The average Bonchev–Trinajstić information content (AvgIpc) is 3.15. The van der Waals surface area contributed by atoms with Crippen LogP contribution in [0.3, 0.4) is 0 Å². The number of likely N-dealkylation sites (tertiary alicyclic amines) is 1. The number of ether oxygens (including phenoxy) is 1. The van der Waals surface area contributed by atoms with Crippen LogP contribution >= 0.6 is 0 Å². The topological polar surface area (TPSA) is 70.0 Å². The van der Waals surface area contributed by atoms with Crippen molar-refractivity contribution in [2.75, 3.05) is 13.6 Å². The monoisotopic (exact) mass is 431 g/mol. The number of aliphatic hydroxyl groups is 2. The summed E-state index contributed by atoms with van der Waals surface area (Å²) in [4.78, 5) is 16.0. The number of carbonyl (C=O) groups is 1. The SMILES string of the molecule is CC(=Cc1ccccc1)C(=O)C1(O)CC=C2C[C@@H]3[C@@H]4C=C[C@H](O)[C@@H]5OC1=C2[C@]45CCN3C. The first-order chi connectivity index (χ1) is 15.4. The normalized spacial score (nSPS) is 40.0. The minimum atomic E-state index is -1.74. The van der Waals surface area contributed by atoms with E-state index >= 15 is 0 Å². The van der Waals surface area contributed by atoms with Gasteiger partial charge in [-0.05, 0) is 56.1 Å². The number of benzene rings is 1. The molecule has 0 amide bonds. The standard InChI is InChI=1S/C27H29NO4/c1-16(14-17-6-4-3-5-7-17)23(30)27(31)11-10-18-15-20-19-8-9-21(29)24-26(19,12-13-28(20)2)22(18)25(27)32-24/h3-10,14,19-21,24,29,31H,11-13,15H2,1-2H3/t19-,20+,21-,24-,26-,27?/m0/s1. The molecule has 2 bridgehead atoms. The van der Waals surface area contributed by atoms with Gasteiger partial charge in [0, 0.05) is 29.4 Å². The van der Waals surface area contributed by atoms with Gasteiger partial charge in [-0.2, -0.15) is 0 Å². The van der Waals surface area contributed by atoms with E-state index in [9.17, 15) is 15.0 Å². The lowest BCUT2D eigenvalue weighted by molar-refractivity contribution is -0.137. The molecule has 5 nitrogen and oxygen atoms in total.